The van der Waals surface area contributed by atoms with Gasteiger partial charge >= 0.3 is 0 Å². The predicted molar refractivity (Wildman–Crippen MR) is 111 cm³/mol. The summed E-state index contributed by atoms with van der Waals surface area (Å²) < 4.78 is 0. The van der Waals surface area contributed by atoms with Gasteiger partial charge in [-0.15, -0.1) is 0 Å². The SMILES string of the molecule is O=C(C[C@@H]1CC2(CCN(C(=O)c3ccncc3)CC2)c2ccccc21)NC1CC1. The van der Waals surface area contributed by atoms with Gasteiger partial charge in [-0.1, -0.05) is 24.3 Å². The van der Waals surface area contributed by atoms with E-state index in [0.717, 1.165) is 45.2 Å². The topological polar surface area (TPSA) is 62.3 Å². The highest BCUT2D eigenvalue weighted by Gasteiger charge is 2.46. The number of fused-ring (bicyclic) bond motifs is 2. The molecule has 3 aliphatic rings. The summed E-state index contributed by atoms with van der Waals surface area (Å²) in [4.78, 5) is 31.2. The fourth-order valence-corrected chi connectivity index (χ4v) is 5.24. The molecule has 1 saturated carbocycles. The molecule has 1 spiro atoms. The number of pyridine rings is 1. The van der Waals surface area contributed by atoms with Crippen LogP contribution in [0.5, 0.6) is 0 Å². The maximum atomic E-state index is 12.8. The van der Waals surface area contributed by atoms with Gasteiger partial charge in [0.2, 0.25) is 5.91 Å². The number of carbonyl (C=O) groups is 2. The van der Waals surface area contributed by atoms with Crippen LogP contribution in [-0.4, -0.2) is 40.8 Å². The van der Waals surface area contributed by atoms with Gasteiger partial charge in [-0.25, -0.2) is 0 Å². The Bertz CT molecular complexity index is 915. The molecule has 1 atom stereocenters. The van der Waals surface area contributed by atoms with Crippen molar-refractivity contribution in [2.24, 2.45) is 0 Å². The maximum Gasteiger partial charge on any atom is 0.253 e. The van der Waals surface area contributed by atoms with Crippen LogP contribution in [0.25, 0.3) is 0 Å². The van der Waals surface area contributed by atoms with Gasteiger partial charge in [-0.2, -0.15) is 0 Å². The van der Waals surface area contributed by atoms with Crippen molar-refractivity contribution in [3.05, 3.63) is 65.5 Å². The van der Waals surface area contributed by atoms with Crippen LogP contribution in [0, 0.1) is 0 Å². The second-order valence-corrected chi connectivity index (χ2v) is 8.84. The van der Waals surface area contributed by atoms with Gasteiger partial charge in [-0.3, -0.25) is 14.6 Å². The van der Waals surface area contributed by atoms with Crippen molar-refractivity contribution in [2.45, 2.75) is 55.9 Å². The Hall–Kier alpha value is -2.69. The minimum atomic E-state index is 0.0916. The molecule has 1 aromatic carbocycles. The Kier molecular flexibility index (Phi) is 4.61. The molecule has 2 fully saturated rings. The number of hydrogen-bond donors (Lipinski definition) is 1. The fourth-order valence-electron chi connectivity index (χ4n) is 5.24. The highest BCUT2D eigenvalue weighted by molar-refractivity contribution is 5.94. The van der Waals surface area contributed by atoms with Gasteiger partial charge in [0.05, 0.1) is 0 Å². The fraction of sp³-hybridized carbons (Fsp3) is 0.458. The summed E-state index contributed by atoms with van der Waals surface area (Å²) in [6, 6.07) is 12.6. The summed E-state index contributed by atoms with van der Waals surface area (Å²) in [6.45, 7) is 1.52. The number of amides is 2. The highest BCUT2D eigenvalue weighted by Crippen LogP contribution is 2.52. The summed E-state index contributed by atoms with van der Waals surface area (Å²) in [5, 5.41) is 3.15. The number of likely N-dealkylation sites (tertiary alicyclic amines) is 1. The van der Waals surface area contributed by atoms with Gasteiger partial charge in [-0.05, 0) is 66.7 Å². The van der Waals surface area contributed by atoms with Crippen LogP contribution in [0.15, 0.2) is 48.8 Å². The molecule has 2 aliphatic carbocycles. The first kappa shape index (κ1) is 18.3. The van der Waals surface area contributed by atoms with Crippen molar-refractivity contribution in [3.8, 4) is 0 Å². The quantitative estimate of drug-likeness (QED) is 0.872. The summed E-state index contributed by atoms with van der Waals surface area (Å²) in [5.74, 6) is 0.566. The van der Waals surface area contributed by atoms with Crippen LogP contribution in [0.2, 0.25) is 0 Å². The lowest BCUT2D eigenvalue weighted by atomic mass is 9.73. The van der Waals surface area contributed by atoms with E-state index < -0.39 is 0 Å². The molecule has 5 rings (SSSR count). The van der Waals surface area contributed by atoms with E-state index in [2.05, 4.69) is 34.6 Å². The number of rotatable bonds is 4. The molecule has 5 heteroatoms. The number of benzene rings is 1. The van der Waals surface area contributed by atoms with Gasteiger partial charge in [0, 0.05) is 43.5 Å². The molecule has 2 heterocycles. The number of hydrogen-bond acceptors (Lipinski definition) is 3. The molecule has 2 amide bonds. The monoisotopic (exact) mass is 389 g/mol. The molecule has 1 aliphatic heterocycles. The molecule has 29 heavy (non-hydrogen) atoms. The molecular weight excluding hydrogens is 362 g/mol. The second kappa shape index (κ2) is 7.29. The third kappa shape index (κ3) is 3.54. The van der Waals surface area contributed by atoms with Crippen LogP contribution in [0.3, 0.4) is 0 Å². The number of piperidine rings is 1. The average Bonchev–Trinajstić information content (AvgIpc) is 3.53. The van der Waals surface area contributed by atoms with Crippen LogP contribution in [-0.2, 0) is 10.2 Å². The second-order valence-electron chi connectivity index (χ2n) is 8.84. The molecule has 0 unspecified atom stereocenters. The standard InChI is InChI=1S/C24H27N3O2/c28-22(26-19-5-6-19)15-18-16-24(21-4-2-1-3-20(18)21)9-13-27(14-10-24)23(29)17-7-11-25-12-8-17/h1-4,7-8,11-12,18-19H,5-6,9-10,13-16H2,(H,26,28)/t18-/m1/s1. The third-order valence-corrected chi connectivity index (χ3v) is 6.92. The van der Waals surface area contributed by atoms with E-state index in [1.54, 1.807) is 24.5 Å². The van der Waals surface area contributed by atoms with E-state index >= 15 is 0 Å². The lowest BCUT2D eigenvalue weighted by molar-refractivity contribution is -0.121. The van der Waals surface area contributed by atoms with Crippen LogP contribution in [0.4, 0.5) is 0 Å². The Morgan fingerprint density at radius 2 is 1.79 bits per heavy atom. The molecule has 1 saturated heterocycles. The molecule has 2 aromatic rings. The third-order valence-electron chi connectivity index (χ3n) is 6.92. The highest BCUT2D eigenvalue weighted by atomic mass is 16.2. The lowest BCUT2D eigenvalue weighted by Gasteiger charge is -2.40. The van der Waals surface area contributed by atoms with E-state index in [9.17, 15) is 9.59 Å². The van der Waals surface area contributed by atoms with E-state index in [1.807, 2.05) is 4.90 Å². The first-order valence-corrected chi connectivity index (χ1v) is 10.7. The van der Waals surface area contributed by atoms with E-state index in [-0.39, 0.29) is 23.1 Å². The molecule has 1 N–H and O–H groups in total. The van der Waals surface area contributed by atoms with Crippen molar-refractivity contribution < 1.29 is 9.59 Å². The van der Waals surface area contributed by atoms with Gasteiger partial charge in [0.1, 0.15) is 0 Å². The lowest BCUT2D eigenvalue weighted by Crippen LogP contribution is -2.44. The van der Waals surface area contributed by atoms with Crippen molar-refractivity contribution >= 4 is 11.8 Å². The zero-order chi connectivity index (χ0) is 19.8. The van der Waals surface area contributed by atoms with Crippen molar-refractivity contribution in [2.75, 3.05) is 13.1 Å². The normalized spacial score (nSPS) is 22.3. The minimum Gasteiger partial charge on any atom is -0.353 e. The van der Waals surface area contributed by atoms with E-state index in [4.69, 9.17) is 0 Å². The molecule has 0 radical (unpaired) electrons. The molecule has 1 aromatic heterocycles. The first-order chi connectivity index (χ1) is 14.1. The summed E-state index contributed by atoms with van der Waals surface area (Å²) in [7, 11) is 0. The predicted octanol–water partition coefficient (Wildman–Crippen LogP) is 3.41. The van der Waals surface area contributed by atoms with Gasteiger partial charge in [0.15, 0.2) is 0 Å². The van der Waals surface area contributed by atoms with Crippen molar-refractivity contribution in [1.29, 1.82) is 0 Å². The van der Waals surface area contributed by atoms with Crippen molar-refractivity contribution in [3.63, 3.8) is 0 Å². The minimum absolute atomic E-state index is 0.0916. The molecule has 5 nitrogen and oxygen atoms in total. The van der Waals surface area contributed by atoms with Crippen LogP contribution >= 0.6 is 0 Å². The Labute approximate surface area is 171 Å². The van der Waals surface area contributed by atoms with E-state index in [1.165, 1.54) is 11.1 Å². The number of nitrogens with zero attached hydrogens (tertiary/aromatic N) is 2. The smallest absolute Gasteiger partial charge is 0.253 e. The van der Waals surface area contributed by atoms with Gasteiger partial charge < -0.3 is 10.2 Å². The zero-order valence-electron chi connectivity index (χ0n) is 16.6. The number of nitrogens with one attached hydrogen (secondary N) is 1. The molecular formula is C24H27N3O2. The van der Waals surface area contributed by atoms with Crippen LogP contribution in [0.1, 0.15) is 65.9 Å². The Morgan fingerprint density at radius 3 is 2.52 bits per heavy atom. The summed E-state index contributed by atoms with van der Waals surface area (Å²) in [5.41, 5.74) is 3.54. The van der Waals surface area contributed by atoms with Crippen molar-refractivity contribution in [1.82, 2.24) is 15.2 Å². The zero-order valence-corrected chi connectivity index (χ0v) is 16.6. The largest absolute Gasteiger partial charge is 0.353 e. The Morgan fingerprint density at radius 1 is 1.07 bits per heavy atom. The summed E-state index contributed by atoms with van der Waals surface area (Å²) >= 11 is 0. The maximum absolute atomic E-state index is 12.8. The molecule has 0 bridgehead atoms. The molecule has 150 valence electrons. The number of aromatic nitrogens is 1. The van der Waals surface area contributed by atoms with Gasteiger partial charge in [0.25, 0.3) is 5.91 Å². The summed E-state index contributed by atoms with van der Waals surface area (Å²) in [6.07, 6.45) is 9.10. The Balaban J connectivity index is 1.31. The van der Waals surface area contributed by atoms with E-state index in [0.29, 0.717) is 18.0 Å². The average molecular weight is 389 g/mol. The first-order valence-electron chi connectivity index (χ1n) is 10.7. The number of carbonyl (C=O) groups excluding carboxylic acids is 2. The van der Waals surface area contributed by atoms with Crippen LogP contribution < -0.4 is 5.32 Å².